The largest absolute Gasteiger partial charge is 0.493 e. The molecule has 2 rings (SSSR count). The molecule has 2 aromatic carbocycles. The van der Waals surface area contributed by atoms with Gasteiger partial charge >= 0.3 is 0 Å². The fourth-order valence-electron chi connectivity index (χ4n) is 3.28. The van der Waals surface area contributed by atoms with Gasteiger partial charge in [-0.1, -0.05) is 0 Å². The number of anilines is 1. The summed E-state index contributed by atoms with van der Waals surface area (Å²) in [5.41, 5.74) is 0.925. The zero-order chi connectivity index (χ0) is 23.8. The Balaban J connectivity index is 2.52. The van der Waals surface area contributed by atoms with Crippen molar-refractivity contribution in [1.29, 1.82) is 0 Å². The van der Waals surface area contributed by atoms with Crippen LogP contribution in [0.4, 0.5) is 5.69 Å². The van der Waals surface area contributed by atoms with E-state index in [9.17, 15) is 9.59 Å². The first kappa shape index (κ1) is 24.6. The number of carbonyl (C=O) groups excluding carboxylic acids is 2. The topological polar surface area (TPSA) is 95.6 Å². The Morgan fingerprint density at radius 1 is 0.719 bits per heavy atom. The van der Waals surface area contributed by atoms with Crippen molar-refractivity contribution in [3.05, 3.63) is 35.4 Å². The van der Waals surface area contributed by atoms with E-state index in [1.54, 1.807) is 17.0 Å². The second kappa shape index (κ2) is 11.1. The molecule has 0 unspecified atom stereocenters. The summed E-state index contributed by atoms with van der Waals surface area (Å²) in [5.74, 6) is 1.03. The number of nitrogens with zero attached hydrogens (tertiary/aromatic N) is 1. The van der Waals surface area contributed by atoms with Gasteiger partial charge in [0.2, 0.25) is 5.75 Å². The number of nitrogens with one attached hydrogen (secondary N) is 1. The number of rotatable bonds is 10. The first-order valence-electron chi connectivity index (χ1n) is 10.0. The molecule has 0 radical (unpaired) electrons. The van der Waals surface area contributed by atoms with E-state index in [-0.39, 0.29) is 11.5 Å². The average Bonchev–Trinajstić information content (AvgIpc) is 2.82. The molecule has 0 spiro atoms. The number of benzene rings is 2. The standard InChI is InChI=1S/C23H30N2O7/c1-8-25(9-2)23(27)15-10-16(20(31-6)17(13-15)28-3)24-22(26)14-11-18(29-4)21(32-7)19(12-14)30-5/h10-13H,8-9H2,1-7H3,(H,24,26). The van der Waals surface area contributed by atoms with Crippen LogP contribution in [-0.2, 0) is 0 Å². The van der Waals surface area contributed by atoms with Crippen molar-refractivity contribution >= 4 is 17.5 Å². The quantitative estimate of drug-likeness (QED) is 0.597. The summed E-state index contributed by atoms with van der Waals surface area (Å²) >= 11 is 0. The Labute approximate surface area is 188 Å². The van der Waals surface area contributed by atoms with Crippen molar-refractivity contribution in [1.82, 2.24) is 4.90 Å². The van der Waals surface area contributed by atoms with Crippen molar-refractivity contribution in [3.63, 3.8) is 0 Å². The fourth-order valence-corrected chi connectivity index (χ4v) is 3.28. The molecule has 0 heterocycles. The minimum absolute atomic E-state index is 0.181. The second-order valence-electron chi connectivity index (χ2n) is 6.60. The lowest BCUT2D eigenvalue weighted by Gasteiger charge is -2.21. The Hall–Kier alpha value is -3.62. The van der Waals surface area contributed by atoms with Gasteiger partial charge in [0.05, 0.1) is 41.2 Å². The maximum absolute atomic E-state index is 13.1. The third-order valence-electron chi connectivity index (χ3n) is 4.95. The summed E-state index contributed by atoms with van der Waals surface area (Å²) in [6, 6.07) is 6.23. The smallest absolute Gasteiger partial charge is 0.256 e. The van der Waals surface area contributed by atoms with Crippen LogP contribution in [0.5, 0.6) is 28.7 Å². The summed E-state index contributed by atoms with van der Waals surface area (Å²) < 4.78 is 26.8. The minimum atomic E-state index is -0.461. The van der Waals surface area contributed by atoms with Gasteiger partial charge in [-0.25, -0.2) is 0 Å². The number of amides is 2. The summed E-state index contributed by atoms with van der Waals surface area (Å²) in [7, 11) is 7.34. The van der Waals surface area contributed by atoms with Crippen LogP contribution < -0.4 is 29.0 Å². The lowest BCUT2D eigenvalue weighted by Crippen LogP contribution is -2.30. The molecule has 0 fully saturated rings. The predicted molar refractivity (Wildman–Crippen MR) is 121 cm³/mol. The third kappa shape index (κ3) is 4.99. The van der Waals surface area contributed by atoms with Crippen molar-refractivity contribution in [2.45, 2.75) is 13.8 Å². The van der Waals surface area contributed by atoms with E-state index in [0.29, 0.717) is 53.1 Å². The molecule has 0 bridgehead atoms. The normalized spacial score (nSPS) is 10.2. The Morgan fingerprint density at radius 3 is 1.62 bits per heavy atom. The lowest BCUT2D eigenvalue weighted by atomic mass is 10.1. The molecule has 9 heteroatoms. The van der Waals surface area contributed by atoms with Crippen LogP contribution in [0.15, 0.2) is 24.3 Å². The summed E-state index contributed by atoms with van der Waals surface area (Å²) in [6.45, 7) is 4.90. The van der Waals surface area contributed by atoms with Crippen LogP contribution in [0.1, 0.15) is 34.6 Å². The number of hydrogen-bond acceptors (Lipinski definition) is 7. The van der Waals surface area contributed by atoms with Gasteiger partial charge in [0.1, 0.15) is 0 Å². The molecule has 9 nitrogen and oxygen atoms in total. The fraction of sp³-hybridized carbons (Fsp3) is 0.391. The van der Waals surface area contributed by atoms with Crippen LogP contribution >= 0.6 is 0 Å². The van der Waals surface area contributed by atoms with Gasteiger partial charge in [-0.15, -0.1) is 0 Å². The monoisotopic (exact) mass is 446 g/mol. The van der Waals surface area contributed by atoms with Crippen molar-refractivity contribution in [3.8, 4) is 28.7 Å². The van der Waals surface area contributed by atoms with Gasteiger partial charge in [0.15, 0.2) is 23.0 Å². The molecule has 0 saturated heterocycles. The van der Waals surface area contributed by atoms with Crippen molar-refractivity contribution in [2.24, 2.45) is 0 Å². The Kier molecular flexibility index (Phi) is 8.57. The van der Waals surface area contributed by atoms with E-state index in [4.69, 9.17) is 23.7 Å². The summed E-state index contributed by atoms with van der Waals surface area (Å²) in [5, 5.41) is 2.80. The SMILES string of the molecule is CCN(CC)C(=O)c1cc(NC(=O)c2cc(OC)c(OC)c(OC)c2)c(OC)c(OC)c1. The lowest BCUT2D eigenvalue weighted by molar-refractivity contribution is 0.0772. The van der Waals surface area contributed by atoms with E-state index in [2.05, 4.69) is 5.32 Å². The molecule has 32 heavy (non-hydrogen) atoms. The zero-order valence-corrected chi connectivity index (χ0v) is 19.5. The highest BCUT2D eigenvalue weighted by Gasteiger charge is 2.22. The van der Waals surface area contributed by atoms with E-state index in [1.165, 1.54) is 47.7 Å². The van der Waals surface area contributed by atoms with Crippen molar-refractivity contribution in [2.75, 3.05) is 54.0 Å². The molecule has 0 aliphatic carbocycles. The summed E-state index contributed by atoms with van der Waals surface area (Å²) in [4.78, 5) is 27.7. The summed E-state index contributed by atoms with van der Waals surface area (Å²) in [6.07, 6.45) is 0. The van der Waals surface area contributed by atoms with Crippen LogP contribution in [0.25, 0.3) is 0 Å². The molecule has 174 valence electrons. The van der Waals surface area contributed by atoms with Gasteiger partial charge in [0.25, 0.3) is 11.8 Å². The third-order valence-corrected chi connectivity index (χ3v) is 4.95. The average molecular weight is 447 g/mol. The molecule has 0 aromatic heterocycles. The molecular weight excluding hydrogens is 416 g/mol. The van der Waals surface area contributed by atoms with Gasteiger partial charge < -0.3 is 33.9 Å². The first-order valence-corrected chi connectivity index (χ1v) is 10.0. The van der Waals surface area contributed by atoms with Gasteiger partial charge in [-0.05, 0) is 38.1 Å². The Bertz CT molecular complexity index is 946. The first-order chi connectivity index (χ1) is 15.4. The zero-order valence-electron chi connectivity index (χ0n) is 19.5. The van der Waals surface area contributed by atoms with E-state index in [0.717, 1.165) is 0 Å². The number of methoxy groups -OCH3 is 5. The molecule has 2 aromatic rings. The minimum Gasteiger partial charge on any atom is -0.493 e. The number of hydrogen-bond donors (Lipinski definition) is 1. The number of carbonyl (C=O) groups is 2. The molecule has 1 N–H and O–H groups in total. The van der Waals surface area contributed by atoms with E-state index in [1.807, 2.05) is 13.8 Å². The van der Waals surface area contributed by atoms with Gasteiger partial charge in [0, 0.05) is 24.2 Å². The van der Waals surface area contributed by atoms with Crippen LogP contribution in [0.2, 0.25) is 0 Å². The van der Waals surface area contributed by atoms with Crippen LogP contribution in [-0.4, -0.2) is 65.4 Å². The highest BCUT2D eigenvalue weighted by molar-refractivity contribution is 6.07. The number of ether oxygens (including phenoxy) is 5. The van der Waals surface area contributed by atoms with Crippen LogP contribution in [0.3, 0.4) is 0 Å². The van der Waals surface area contributed by atoms with E-state index >= 15 is 0 Å². The van der Waals surface area contributed by atoms with Gasteiger partial charge in [-0.3, -0.25) is 9.59 Å². The second-order valence-corrected chi connectivity index (χ2v) is 6.60. The maximum Gasteiger partial charge on any atom is 0.256 e. The molecule has 0 saturated carbocycles. The molecular formula is C23H30N2O7. The van der Waals surface area contributed by atoms with Gasteiger partial charge in [-0.2, -0.15) is 0 Å². The predicted octanol–water partition coefficient (Wildman–Crippen LogP) is 3.46. The molecule has 0 atom stereocenters. The maximum atomic E-state index is 13.1. The van der Waals surface area contributed by atoms with Crippen molar-refractivity contribution < 1.29 is 33.3 Å². The molecule has 2 amide bonds. The van der Waals surface area contributed by atoms with E-state index < -0.39 is 5.91 Å². The van der Waals surface area contributed by atoms with Crippen LogP contribution in [0, 0.1) is 0 Å². The Morgan fingerprint density at radius 2 is 1.19 bits per heavy atom. The molecule has 0 aliphatic heterocycles. The highest BCUT2D eigenvalue weighted by Crippen LogP contribution is 2.40. The highest BCUT2D eigenvalue weighted by atomic mass is 16.5. The molecule has 0 aliphatic rings.